The van der Waals surface area contributed by atoms with E-state index in [1.54, 1.807) is 12.1 Å². The molecule has 0 radical (unpaired) electrons. The van der Waals surface area contributed by atoms with Crippen LogP contribution in [0.2, 0.25) is 0 Å². The lowest BCUT2D eigenvalue weighted by Crippen LogP contribution is -2.61. The molecule has 2 aliphatic rings. The summed E-state index contributed by atoms with van der Waals surface area (Å²) in [5, 5.41) is 0. The molecule has 2 saturated heterocycles. The third-order valence-electron chi connectivity index (χ3n) is 7.74. The predicted octanol–water partition coefficient (Wildman–Crippen LogP) is 3.78. The zero-order valence-corrected chi connectivity index (χ0v) is 23.6. The Hall–Kier alpha value is -3.34. The summed E-state index contributed by atoms with van der Waals surface area (Å²) in [6, 6.07) is 13.8. The maximum atomic E-state index is 13.3. The van der Waals surface area contributed by atoms with Crippen LogP contribution in [0.4, 0.5) is 5.95 Å². The standard InChI is InChI=1S/C29H35N5O4S/c1-19-8-5-9-20(2)27(19)24-15-26(38-25-17-33(3)16-22-11-7-13-34(4)28(22)25)31-29(30-24)32-39(36,37)23-12-6-10-21(14-23)18-35/h5-6,8-10,12,14-15,18,22,25,28H,7,11,13,16-17H2,1-4H3,(H,30,31,32)/t22?,25-,28?/m1/s1. The van der Waals surface area contributed by atoms with Gasteiger partial charge >= 0.3 is 0 Å². The van der Waals surface area contributed by atoms with Crippen molar-refractivity contribution in [1.29, 1.82) is 0 Å². The van der Waals surface area contributed by atoms with Gasteiger partial charge in [0.1, 0.15) is 12.4 Å². The van der Waals surface area contributed by atoms with Gasteiger partial charge in [-0.3, -0.25) is 9.69 Å². The fourth-order valence-electron chi connectivity index (χ4n) is 6.03. The first-order valence-electron chi connectivity index (χ1n) is 13.2. The topological polar surface area (TPSA) is 105 Å². The maximum absolute atomic E-state index is 13.3. The first kappa shape index (κ1) is 27.2. The molecule has 39 heavy (non-hydrogen) atoms. The second-order valence-electron chi connectivity index (χ2n) is 10.7. The van der Waals surface area contributed by atoms with Crippen molar-refractivity contribution in [1.82, 2.24) is 19.8 Å². The molecule has 2 fully saturated rings. The molecule has 3 atom stereocenters. The number of aromatic nitrogens is 2. The number of aldehydes is 1. The Morgan fingerprint density at radius 1 is 1.03 bits per heavy atom. The Morgan fingerprint density at radius 2 is 1.77 bits per heavy atom. The monoisotopic (exact) mass is 549 g/mol. The fourth-order valence-corrected chi connectivity index (χ4v) is 7.03. The highest BCUT2D eigenvalue weighted by atomic mass is 32.2. The Labute approximate surface area is 230 Å². The number of sulfonamides is 1. The second-order valence-corrected chi connectivity index (χ2v) is 12.4. The first-order chi connectivity index (χ1) is 18.6. The van der Waals surface area contributed by atoms with Crippen LogP contribution >= 0.6 is 0 Å². The smallest absolute Gasteiger partial charge is 0.264 e. The lowest BCUT2D eigenvalue weighted by molar-refractivity contribution is -0.0395. The number of nitrogens with zero attached hydrogens (tertiary/aromatic N) is 4. The summed E-state index contributed by atoms with van der Waals surface area (Å²) in [6.07, 6.45) is 2.80. The lowest BCUT2D eigenvalue weighted by Gasteiger charge is -2.48. The van der Waals surface area contributed by atoms with Crippen LogP contribution in [0, 0.1) is 19.8 Å². The van der Waals surface area contributed by atoms with Crippen LogP contribution in [0.1, 0.15) is 34.3 Å². The van der Waals surface area contributed by atoms with Crippen LogP contribution in [0.3, 0.4) is 0 Å². The number of rotatable bonds is 7. The summed E-state index contributed by atoms with van der Waals surface area (Å²) in [7, 11) is 0.196. The van der Waals surface area contributed by atoms with Crippen molar-refractivity contribution in [3.05, 3.63) is 65.2 Å². The number of fused-ring (bicyclic) bond motifs is 1. The summed E-state index contributed by atoms with van der Waals surface area (Å²) in [5.41, 5.74) is 3.77. The van der Waals surface area contributed by atoms with Gasteiger partial charge in [-0.25, -0.2) is 18.1 Å². The van der Waals surface area contributed by atoms with Crippen molar-refractivity contribution in [2.24, 2.45) is 5.92 Å². The summed E-state index contributed by atoms with van der Waals surface area (Å²) in [6.45, 7) is 6.78. The minimum Gasteiger partial charge on any atom is -0.471 e. The van der Waals surface area contributed by atoms with E-state index < -0.39 is 10.0 Å². The molecule has 5 rings (SSSR count). The number of anilines is 1. The summed E-state index contributed by atoms with van der Waals surface area (Å²) in [5.74, 6) is 0.731. The Morgan fingerprint density at radius 3 is 2.51 bits per heavy atom. The second kappa shape index (κ2) is 11.0. The molecule has 10 heteroatoms. The van der Waals surface area contributed by atoms with Gasteiger partial charge in [-0.15, -0.1) is 0 Å². The van der Waals surface area contributed by atoms with E-state index in [0.29, 0.717) is 23.8 Å². The quantitative estimate of drug-likeness (QED) is 0.444. The van der Waals surface area contributed by atoms with Crippen molar-refractivity contribution >= 4 is 22.3 Å². The van der Waals surface area contributed by atoms with Crippen molar-refractivity contribution in [3.8, 4) is 17.1 Å². The molecule has 0 amide bonds. The molecule has 0 spiro atoms. The van der Waals surface area contributed by atoms with Gasteiger partial charge in [-0.1, -0.05) is 30.3 Å². The number of nitrogens with one attached hydrogen (secondary N) is 1. The van der Waals surface area contributed by atoms with E-state index in [1.807, 2.05) is 32.0 Å². The minimum absolute atomic E-state index is 0.0452. The van der Waals surface area contributed by atoms with Crippen LogP contribution in [-0.4, -0.2) is 80.3 Å². The molecule has 3 aromatic rings. The van der Waals surface area contributed by atoms with E-state index >= 15 is 0 Å². The third kappa shape index (κ3) is 5.83. The highest BCUT2D eigenvalue weighted by Gasteiger charge is 2.41. The molecule has 1 N–H and O–H groups in total. The molecule has 1 aromatic heterocycles. The van der Waals surface area contributed by atoms with Crippen molar-refractivity contribution < 1.29 is 17.9 Å². The molecule has 9 nitrogen and oxygen atoms in total. The van der Waals surface area contributed by atoms with Gasteiger partial charge in [0.05, 0.1) is 16.6 Å². The largest absolute Gasteiger partial charge is 0.471 e. The van der Waals surface area contributed by atoms with Crippen LogP contribution < -0.4 is 9.46 Å². The van der Waals surface area contributed by atoms with Gasteiger partial charge in [0.25, 0.3) is 10.0 Å². The highest BCUT2D eigenvalue weighted by molar-refractivity contribution is 7.92. The Balaban J connectivity index is 1.55. The maximum Gasteiger partial charge on any atom is 0.264 e. The molecule has 2 unspecified atom stereocenters. The zero-order chi connectivity index (χ0) is 27.7. The molecular weight excluding hydrogens is 514 g/mol. The number of likely N-dealkylation sites (N-methyl/N-ethyl adjacent to an activating group) is 2. The average Bonchev–Trinajstić information content (AvgIpc) is 2.88. The molecular formula is C29H35N5O4S. The van der Waals surface area contributed by atoms with Gasteiger partial charge in [0.15, 0.2) is 0 Å². The summed E-state index contributed by atoms with van der Waals surface area (Å²) in [4.78, 5) is 25.0. The van der Waals surface area contributed by atoms with Crippen LogP contribution in [0.25, 0.3) is 11.3 Å². The van der Waals surface area contributed by atoms with Gasteiger partial charge in [0.2, 0.25) is 11.8 Å². The number of hydrogen-bond acceptors (Lipinski definition) is 8. The Kier molecular flexibility index (Phi) is 7.70. The first-order valence-corrected chi connectivity index (χ1v) is 14.7. The number of piperidine rings is 2. The van der Waals surface area contributed by atoms with Crippen LogP contribution in [0.5, 0.6) is 5.88 Å². The highest BCUT2D eigenvalue weighted by Crippen LogP contribution is 2.34. The number of hydrogen-bond donors (Lipinski definition) is 1. The van der Waals surface area contributed by atoms with Gasteiger partial charge < -0.3 is 9.64 Å². The molecule has 0 bridgehead atoms. The van der Waals surface area contributed by atoms with Gasteiger partial charge in [-0.05, 0) is 76.5 Å². The zero-order valence-electron chi connectivity index (χ0n) is 22.8. The SMILES string of the molecule is Cc1cccc(C)c1-c1cc(O[C@@H]2CN(C)CC3CCCN(C)C32)nc(NS(=O)(=O)c2cccc(C=O)c2)n1. The fraction of sp³-hybridized carbons (Fsp3) is 0.414. The van der Waals surface area contributed by atoms with E-state index in [9.17, 15) is 13.2 Å². The van der Waals surface area contributed by atoms with Gasteiger partial charge in [0, 0.05) is 30.3 Å². The predicted molar refractivity (Wildman–Crippen MR) is 151 cm³/mol. The van der Waals surface area contributed by atoms with E-state index in [1.165, 1.54) is 24.6 Å². The van der Waals surface area contributed by atoms with Crippen LogP contribution in [-0.2, 0) is 10.0 Å². The minimum atomic E-state index is -4.06. The van der Waals surface area contributed by atoms with Gasteiger partial charge in [-0.2, -0.15) is 4.98 Å². The normalized spacial score (nSPS) is 22.2. The lowest BCUT2D eigenvalue weighted by atomic mass is 9.82. The molecule has 2 aliphatic heterocycles. The number of aryl methyl sites for hydroxylation is 2. The molecule has 2 aromatic carbocycles. The molecule has 0 aliphatic carbocycles. The number of ether oxygens (including phenoxy) is 1. The average molecular weight is 550 g/mol. The van der Waals surface area contributed by atoms with E-state index in [2.05, 4.69) is 38.6 Å². The third-order valence-corrected chi connectivity index (χ3v) is 9.06. The van der Waals surface area contributed by atoms with Crippen molar-refractivity contribution in [2.75, 3.05) is 38.5 Å². The van der Waals surface area contributed by atoms with E-state index in [0.717, 1.165) is 42.7 Å². The number of likely N-dealkylation sites (tertiary alicyclic amines) is 2. The van der Waals surface area contributed by atoms with E-state index in [-0.39, 0.29) is 28.6 Å². The van der Waals surface area contributed by atoms with Crippen molar-refractivity contribution in [3.63, 3.8) is 0 Å². The van der Waals surface area contributed by atoms with Crippen LogP contribution in [0.15, 0.2) is 53.4 Å². The summed E-state index contributed by atoms with van der Waals surface area (Å²) >= 11 is 0. The number of benzene rings is 2. The molecule has 3 heterocycles. The molecule has 0 saturated carbocycles. The Bertz CT molecular complexity index is 1460. The molecule has 206 valence electrons. The van der Waals surface area contributed by atoms with Crippen molar-refractivity contribution in [2.45, 2.75) is 43.7 Å². The number of carbonyl (C=O) groups is 1. The van der Waals surface area contributed by atoms with E-state index in [4.69, 9.17) is 4.74 Å². The summed E-state index contributed by atoms with van der Waals surface area (Å²) < 4.78 is 35.6. The number of carbonyl (C=O) groups excluding carboxylic acids is 1.